The Balaban J connectivity index is 0. The molecule has 0 fully saturated rings. The summed E-state index contributed by atoms with van der Waals surface area (Å²) in [4.78, 5) is 0. The molecule has 0 saturated carbocycles. The summed E-state index contributed by atoms with van der Waals surface area (Å²) >= 11 is 0. The van der Waals surface area contributed by atoms with E-state index in [-0.39, 0.29) is 12.1 Å². The predicted octanol–water partition coefficient (Wildman–Crippen LogP) is 4.91. The Morgan fingerprint density at radius 2 is 1.33 bits per heavy atom. The monoisotopic (exact) mass is 325 g/mol. The molecule has 0 rings (SSSR count). The first-order chi connectivity index (χ1) is 9.37. The molecule has 2 atom stereocenters. The van der Waals surface area contributed by atoms with E-state index >= 15 is 0 Å². The van der Waals surface area contributed by atoms with Crippen LogP contribution in [0.25, 0.3) is 0 Å². The average molecular weight is 326 g/mol. The highest BCUT2D eigenvalue weighted by Crippen LogP contribution is 2.18. The molecule has 0 radical (unpaired) electrons. The zero-order chi connectivity index (χ0) is 15.4. The lowest BCUT2D eigenvalue weighted by atomic mass is 9.97. The first-order valence-corrected chi connectivity index (χ1v) is 9.39. The van der Waals surface area contributed by atoms with Crippen molar-refractivity contribution in [2.24, 2.45) is 5.92 Å². The molecule has 0 aliphatic rings. The van der Waals surface area contributed by atoms with Gasteiger partial charge in [-0.15, -0.1) is 0 Å². The average Bonchev–Trinajstić information content (AvgIpc) is 2.34. The van der Waals surface area contributed by atoms with Crippen LogP contribution < -0.4 is 6.15 Å². The smallest absolute Gasteiger partial charge is 0.344 e. The molecule has 2 unspecified atom stereocenters. The van der Waals surface area contributed by atoms with Gasteiger partial charge in [-0.25, -0.2) is 4.18 Å². The summed E-state index contributed by atoms with van der Waals surface area (Å²) in [6.45, 7) is 5.88. The van der Waals surface area contributed by atoms with Crippen LogP contribution in [0.1, 0.15) is 85.0 Å². The minimum Gasteiger partial charge on any atom is -0.344 e. The summed E-state index contributed by atoms with van der Waals surface area (Å²) in [6.07, 6.45) is 12.0. The van der Waals surface area contributed by atoms with Crippen molar-refractivity contribution < 1.29 is 17.2 Å². The second-order valence-corrected chi connectivity index (χ2v) is 6.87. The molecule has 0 aromatic carbocycles. The van der Waals surface area contributed by atoms with Crippen LogP contribution in [0.3, 0.4) is 0 Å². The third-order valence-corrected chi connectivity index (χ3v) is 4.38. The molecule has 0 saturated heterocycles. The Labute approximate surface area is 131 Å². The van der Waals surface area contributed by atoms with Crippen molar-refractivity contribution in [1.29, 1.82) is 0 Å². The molecule has 0 aliphatic heterocycles. The number of unbranched alkanes of at least 4 members (excludes halogenated alkanes) is 8. The summed E-state index contributed by atoms with van der Waals surface area (Å²) in [5.74, 6) is 0.140. The maximum atomic E-state index is 10.6. The van der Waals surface area contributed by atoms with Crippen molar-refractivity contribution in [2.45, 2.75) is 91.1 Å². The molecule has 5 nitrogen and oxygen atoms in total. The van der Waals surface area contributed by atoms with Crippen LogP contribution in [0.2, 0.25) is 0 Å². The van der Waals surface area contributed by atoms with E-state index in [9.17, 15) is 8.42 Å². The fraction of sp³-hybridized carbons (Fsp3) is 1.00. The van der Waals surface area contributed by atoms with E-state index < -0.39 is 16.5 Å². The largest absolute Gasteiger partial charge is 0.397 e. The third kappa shape index (κ3) is 16.0. The first kappa shape index (κ1) is 23.1. The highest BCUT2D eigenvalue weighted by Gasteiger charge is 2.18. The quantitative estimate of drug-likeness (QED) is 0.370. The minimum absolute atomic E-state index is 0. The standard InChI is InChI=1S/C15H32O4S.H3N/c1-4-5-6-7-8-9-10-11-12-13-14(2)15(3)19-20(16,17)18;/h14-15H,4-13H2,1-3H3,(H,16,17,18);1H3. The zero-order valence-corrected chi connectivity index (χ0v) is 14.8. The summed E-state index contributed by atoms with van der Waals surface area (Å²) in [7, 11) is -4.32. The molecule has 6 heteroatoms. The molecule has 0 aliphatic carbocycles. The van der Waals surface area contributed by atoms with E-state index in [4.69, 9.17) is 4.55 Å². The van der Waals surface area contributed by atoms with Crippen LogP contribution in [0.15, 0.2) is 0 Å². The third-order valence-electron chi connectivity index (χ3n) is 3.84. The van der Waals surface area contributed by atoms with Gasteiger partial charge in [0.25, 0.3) is 0 Å². The van der Waals surface area contributed by atoms with Gasteiger partial charge >= 0.3 is 10.4 Å². The van der Waals surface area contributed by atoms with Gasteiger partial charge in [-0.3, -0.25) is 4.55 Å². The van der Waals surface area contributed by atoms with Crippen molar-refractivity contribution >= 4 is 10.4 Å². The number of hydrogen-bond donors (Lipinski definition) is 2. The Kier molecular flexibility index (Phi) is 14.8. The second kappa shape index (κ2) is 13.5. The fourth-order valence-electron chi connectivity index (χ4n) is 2.30. The van der Waals surface area contributed by atoms with Gasteiger partial charge in [0, 0.05) is 0 Å². The first-order valence-electron chi connectivity index (χ1n) is 8.02. The second-order valence-electron chi connectivity index (χ2n) is 5.82. The van der Waals surface area contributed by atoms with Gasteiger partial charge in [0.15, 0.2) is 0 Å². The van der Waals surface area contributed by atoms with Crippen LogP contribution >= 0.6 is 0 Å². The molecule has 21 heavy (non-hydrogen) atoms. The molecule has 0 spiro atoms. The van der Waals surface area contributed by atoms with E-state index in [2.05, 4.69) is 11.1 Å². The predicted molar refractivity (Wildman–Crippen MR) is 88.1 cm³/mol. The van der Waals surface area contributed by atoms with Crippen molar-refractivity contribution in [3.63, 3.8) is 0 Å². The van der Waals surface area contributed by atoms with Crippen molar-refractivity contribution in [1.82, 2.24) is 6.15 Å². The molecular formula is C15H35NO4S. The Bertz CT molecular complexity index is 320. The van der Waals surface area contributed by atoms with E-state index in [1.54, 1.807) is 6.92 Å². The fourth-order valence-corrected chi connectivity index (χ4v) is 2.87. The molecule has 0 amide bonds. The molecule has 0 aromatic heterocycles. The SMILES string of the molecule is CCCCCCCCCCCC(C)C(C)OS(=O)(=O)O.N. The van der Waals surface area contributed by atoms with Gasteiger partial charge in [-0.2, -0.15) is 8.42 Å². The molecular weight excluding hydrogens is 290 g/mol. The summed E-state index contributed by atoms with van der Waals surface area (Å²) in [5, 5.41) is 0. The van der Waals surface area contributed by atoms with Crippen LogP contribution in [0, 0.1) is 5.92 Å². The summed E-state index contributed by atoms with van der Waals surface area (Å²) < 4.78 is 34.4. The number of rotatable bonds is 13. The summed E-state index contributed by atoms with van der Waals surface area (Å²) in [6, 6.07) is 0. The lowest BCUT2D eigenvalue weighted by Crippen LogP contribution is -2.21. The zero-order valence-electron chi connectivity index (χ0n) is 14.0. The van der Waals surface area contributed by atoms with Gasteiger partial charge in [0.1, 0.15) is 0 Å². The topological polar surface area (TPSA) is 98.6 Å². The van der Waals surface area contributed by atoms with Crippen LogP contribution in [0.4, 0.5) is 0 Å². The van der Waals surface area contributed by atoms with Crippen molar-refractivity contribution in [2.75, 3.05) is 0 Å². The Hall–Kier alpha value is -0.170. The molecule has 130 valence electrons. The van der Waals surface area contributed by atoms with E-state index in [0.29, 0.717) is 0 Å². The van der Waals surface area contributed by atoms with Crippen molar-refractivity contribution in [3.8, 4) is 0 Å². The van der Waals surface area contributed by atoms with Crippen LogP contribution in [-0.2, 0) is 14.6 Å². The highest BCUT2D eigenvalue weighted by molar-refractivity contribution is 7.80. The van der Waals surface area contributed by atoms with Crippen LogP contribution in [0.5, 0.6) is 0 Å². The Morgan fingerprint density at radius 3 is 1.76 bits per heavy atom. The molecule has 0 heterocycles. The van der Waals surface area contributed by atoms with E-state index in [0.717, 1.165) is 12.8 Å². The van der Waals surface area contributed by atoms with Crippen LogP contribution in [-0.4, -0.2) is 19.1 Å². The highest BCUT2D eigenvalue weighted by atomic mass is 32.3. The maximum absolute atomic E-state index is 10.6. The summed E-state index contributed by atoms with van der Waals surface area (Å²) in [5.41, 5.74) is 0. The molecule has 0 bridgehead atoms. The van der Waals surface area contributed by atoms with E-state index in [1.165, 1.54) is 51.4 Å². The minimum atomic E-state index is -4.32. The lowest BCUT2D eigenvalue weighted by molar-refractivity contribution is 0.140. The molecule has 4 N–H and O–H groups in total. The Morgan fingerprint density at radius 1 is 0.905 bits per heavy atom. The van der Waals surface area contributed by atoms with Gasteiger partial charge < -0.3 is 6.15 Å². The number of hydrogen-bond acceptors (Lipinski definition) is 4. The van der Waals surface area contributed by atoms with E-state index in [1.807, 2.05) is 6.92 Å². The van der Waals surface area contributed by atoms with Gasteiger partial charge in [0.05, 0.1) is 6.10 Å². The lowest BCUT2D eigenvalue weighted by Gasteiger charge is -2.18. The normalized spacial score (nSPS) is 14.5. The van der Waals surface area contributed by atoms with Gasteiger partial charge in [-0.05, 0) is 19.3 Å². The van der Waals surface area contributed by atoms with Gasteiger partial charge in [-0.1, -0.05) is 71.6 Å². The molecule has 0 aromatic rings. The van der Waals surface area contributed by atoms with Gasteiger partial charge in [0.2, 0.25) is 0 Å². The maximum Gasteiger partial charge on any atom is 0.397 e. The van der Waals surface area contributed by atoms with Crippen molar-refractivity contribution in [3.05, 3.63) is 0 Å².